The SMILES string of the molecule is CC(C)(C)NC(=O)CC1CCCS(=O)(=O)C1. The van der Waals surface area contributed by atoms with Crippen molar-refractivity contribution in [3.8, 4) is 0 Å². The molecular weight excluding hydrogens is 226 g/mol. The van der Waals surface area contributed by atoms with Gasteiger partial charge < -0.3 is 5.32 Å². The molecule has 0 saturated carbocycles. The second kappa shape index (κ2) is 4.73. The molecule has 0 aromatic heterocycles. The maximum absolute atomic E-state index is 11.6. The van der Waals surface area contributed by atoms with Crippen molar-refractivity contribution in [1.29, 1.82) is 0 Å². The van der Waals surface area contributed by atoms with Crippen molar-refractivity contribution in [3.05, 3.63) is 0 Å². The van der Waals surface area contributed by atoms with Crippen molar-refractivity contribution in [3.63, 3.8) is 0 Å². The van der Waals surface area contributed by atoms with Crippen molar-refractivity contribution in [2.24, 2.45) is 5.92 Å². The van der Waals surface area contributed by atoms with Gasteiger partial charge in [-0.05, 0) is 39.5 Å². The Morgan fingerprint density at radius 2 is 2.00 bits per heavy atom. The van der Waals surface area contributed by atoms with Gasteiger partial charge in [0.1, 0.15) is 0 Å². The van der Waals surface area contributed by atoms with Gasteiger partial charge in [-0.1, -0.05) is 0 Å². The fourth-order valence-corrected chi connectivity index (χ4v) is 3.79. The molecule has 4 nitrogen and oxygen atoms in total. The second-order valence-corrected chi connectivity index (χ2v) is 7.85. The summed E-state index contributed by atoms with van der Waals surface area (Å²) in [7, 11) is -2.90. The molecule has 1 unspecified atom stereocenters. The Kier molecular flexibility index (Phi) is 3.99. The van der Waals surface area contributed by atoms with Crippen LogP contribution in [0, 0.1) is 5.92 Å². The molecule has 1 aliphatic heterocycles. The zero-order chi connectivity index (χ0) is 12.4. The Labute approximate surface area is 97.7 Å². The van der Waals surface area contributed by atoms with Gasteiger partial charge in [0.15, 0.2) is 9.84 Å². The summed E-state index contributed by atoms with van der Waals surface area (Å²) >= 11 is 0. The van der Waals surface area contributed by atoms with Crippen molar-refractivity contribution < 1.29 is 13.2 Å². The van der Waals surface area contributed by atoms with Gasteiger partial charge >= 0.3 is 0 Å². The van der Waals surface area contributed by atoms with Gasteiger partial charge in [0, 0.05) is 12.0 Å². The van der Waals surface area contributed by atoms with Gasteiger partial charge in [0.2, 0.25) is 5.91 Å². The zero-order valence-corrected chi connectivity index (χ0v) is 11.1. The number of hydrogen-bond acceptors (Lipinski definition) is 3. The van der Waals surface area contributed by atoms with Crippen LogP contribution in [0.2, 0.25) is 0 Å². The Hall–Kier alpha value is -0.580. The lowest BCUT2D eigenvalue weighted by molar-refractivity contribution is -0.123. The van der Waals surface area contributed by atoms with Crippen molar-refractivity contribution in [2.75, 3.05) is 11.5 Å². The molecule has 1 atom stereocenters. The van der Waals surface area contributed by atoms with E-state index >= 15 is 0 Å². The summed E-state index contributed by atoms with van der Waals surface area (Å²) in [6.07, 6.45) is 1.86. The van der Waals surface area contributed by atoms with E-state index in [4.69, 9.17) is 0 Å². The normalized spacial score (nSPS) is 25.1. The van der Waals surface area contributed by atoms with Gasteiger partial charge in [0.05, 0.1) is 11.5 Å². The van der Waals surface area contributed by atoms with E-state index in [0.29, 0.717) is 12.8 Å². The fourth-order valence-electron chi connectivity index (χ4n) is 2.01. The maximum Gasteiger partial charge on any atom is 0.220 e. The van der Waals surface area contributed by atoms with Crippen LogP contribution in [0.25, 0.3) is 0 Å². The van der Waals surface area contributed by atoms with Crippen LogP contribution in [0.4, 0.5) is 0 Å². The topological polar surface area (TPSA) is 63.2 Å². The Bertz CT molecular complexity index is 354. The van der Waals surface area contributed by atoms with E-state index in [0.717, 1.165) is 6.42 Å². The smallest absolute Gasteiger partial charge is 0.220 e. The molecule has 16 heavy (non-hydrogen) atoms. The van der Waals surface area contributed by atoms with Crippen molar-refractivity contribution >= 4 is 15.7 Å². The average Bonchev–Trinajstić information content (AvgIpc) is 1.96. The first-order chi connectivity index (χ1) is 7.18. The van der Waals surface area contributed by atoms with E-state index in [1.165, 1.54) is 0 Å². The van der Waals surface area contributed by atoms with E-state index < -0.39 is 9.84 Å². The van der Waals surface area contributed by atoms with Crippen LogP contribution in [0.3, 0.4) is 0 Å². The van der Waals surface area contributed by atoms with Gasteiger partial charge in [-0.2, -0.15) is 0 Å². The van der Waals surface area contributed by atoms with Crippen LogP contribution < -0.4 is 5.32 Å². The number of sulfone groups is 1. The van der Waals surface area contributed by atoms with E-state index in [9.17, 15) is 13.2 Å². The predicted octanol–water partition coefficient (Wildman–Crippen LogP) is 1.12. The first kappa shape index (κ1) is 13.5. The fraction of sp³-hybridized carbons (Fsp3) is 0.909. The van der Waals surface area contributed by atoms with E-state index in [1.54, 1.807) is 0 Å². The predicted molar refractivity (Wildman–Crippen MR) is 63.9 cm³/mol. The van der Waals surface area contributed by atoms with Crippen LogP contribution in [0.5, 0.6) is 0 Å². The Balaban J connectivity index is 2.46. The van der Waals surface area contributed by atoms with E-state index in [1.807, 2.05) is 20.8 Å². The number of amides is 1. The highest BCUT2D eigenvalue weighted by atomic mass is 32.2. The third kappa shape index (κ3) is 4.96. The van der Waals surface area contributed by atoms with Gasteiger partial charge in [-0.15, -0.1) is 0 Å². The van der Waals surface area contributed by atoms with Gasteiger partial charge in [-0.25, -0.2) is 8.42 Å². The standard InChI is InChI=1S/C11H21NO3S/c1-11(2,3)12-10(13)7-9-5-4-6-16(14,15)8-9/h9H,4-8H2,1-3H3,(H,12,13). The number of rotatable bonds is 2. The molecule has 0 bridgehead atoms. The maximum atomic E-state index is 11.6. The molecule has 94 valence electrons. The van der Waals surface area contributed by atoms with Crippen LogP contribution in [-0.4, -0.2) is 31.4 Å². The highest BCUT2D eigenvalue weighted by Crippen LogP contribution is 2.21. The third-order valence-electron chi connectivity index (χ3n) is 2.55. The van der Waals surface area contributed by atoms with Crippen molar-refractivity contribution in [1.82, 2.24) is 5.32 Å². The zero-order valence-electron chi connectivity index (χ0n) is 10.2. The monoisotopic (exact) mass is 247 g/mol. The summed E-state index contributed by atoms with van der Waals surface area (Å²) in [4.78, 5) is 11.6. The molecule has 0 aromatic carbocycles. The van der Waals surface area contributed by atoms with E-state index in [2.05, 4.69) is 5.32 Å². The number of hydrogen-bond donors (Lipinski definition) is 1. The van der Waals surface area contributed by atoms with Gasteiger partial charge in [0.25, 0.3) is 0 Å². The largest absolute Gasteiger partial charge is 0.352 e. The summed E-state index contributed by atoms with van der Waals surface area (Å²) < 4.78 is 22.8. The second-order valence-electron chi connectivity index (χ2n) is 5.62. The minimum absolute atomic E-state index is 0.00102. The molecule has 1 rings (SSSR count). The molecule has 5 heteroatoms. The van der Waals surface area contributed by atoms with Gasteiger partial charge in [-0.3, -0.25) is 4.79 Å². The molecule has 1 amide bonds. The molecule has 1 saturated heterocycles. The molecule has 1 fully saturated rings. The highest BCUT2D eigenvalue weighted by molar-refractivity contribution is 7.91. The summed E-state index contributed by atoms with van der Waals surface area (Å²) in [6, 6.07) is 0. The van der Waals surface area contributed by atoms with E-state index in [-0.39, 0.29) is 28.9 Å². The Morgan fingerprint density at radius 3 is 2.50 bits per heavy atom. The minimum atomic E-state index is -2.90. The lowest BCUT2D eigenvalue weighted by atomic mass is 10.00. The van der Waals surface area contributed by atoms with Crippen LogP contribution in [0.1, 0.15) is 40.0 Å². The van der Waals surface area contributed by atoms with Crippen LogP contribution in [0.15, 0.2) is 0 Å². The average molecular weight is 247 g/mol. The summed E-state index contributed by atoms with van der Waals surface area (Å²) in [5.41, 5.74) is -0.245. The summed E-state index contributed by atoms with van der Waals surface area (Å²) in [6.45, 7) is 5.76. The van der Waals surface area contributed by atoms with Crippen molar-refractivity contribution in [2.45, 2.75) is 45.6 Å². The third-order valence-corrected chi connectivity index (χ3v) is 4.44. The minimum Gasteiger partial charge on any atom is -0.352 e. The van der Waals surface area contributed by atoms with Crippen LogP contribution in [-0.2, 0) is 14.6 Å². The first-order valence-corrected chi connectivity index (χ1v) is 7.51. The quantitative estimate of drug-likeness (QED) is 0.795. The lowest BCUT2D eigenvalue weighted by Gasteiger charge is -2.25. The lowest BCUT2D eigenvalue weighted by Crippen LogP contribution is -2.42. The molecule has 1 heterocycles. The summed E-state index contributed by atoms with van der Waals surface area (Å²) in [5.74, 6) is 0.408. The summed E-state index contributed by atoms with van der Waals surface area (Å²) in [5, 5.41) is 2.86. The molecular formula is C11H21NO3S. The Morgan fingerprint density at radius 1 is 1.38 bits per heavy atom. The highest BCUT2D eigenvalue weighted by Gasteiger charge is 2.27. The first-order valence-electron chi connectivity index (χ1n) is 5.69. The molecule has 1 N–H and O–H groups in total. The molecule has 0 radical (unpaired) electrons. The molecule has 0 spiro atoms. The number of carbonyl (C=O) groups is 1. The number of carbonyl (C=O) groups excluding carboxylic acids is 1. The number of nitrogens with one attached hydrogen (secondary N) is 1. The molecule has 0 aliphatic carbocycles. The van der Waals surface area contributed by atoms with Crippen LogP contribution >= 0.6 is 0 Å². The molecule has 1 aliphatic rings. The molecule has 0 aromatic rings.